The lowest BCUT2D eigenvalue weighted by molar-refractivity contribution is -0.384. The fourth-order valence-electron chi connectivity index (χ4n) is 3.13. The maximum absolute atomic E-state index is 14.1. The highest BCUT2D eigenvalue weighted by atomic mass is 19.1. The summed E-state index contributed by atoms with van der Waals surface area (Å²) in [5.74, 6) is 0.626. The number of fused-ring (bicyclic) bond motifs is 1. The molecule has 0 atom stereocenters. The zero-order valence-electron chi connectivity index (χ0n) is 13.2. The van der Waals surface area contributed by atoms with Crippen molar-refractivity contribution in [3.63, 3.8) is 0 Å². The number of piperidine rings is 1. The minimum atomic E-state index is -1.61. The third-order valence-corrected chi connectivity index (χ3v) is 4.45. The molecule has 1 aromatic rings. The molecule has 2 aliphatic heterocycles. The summed E-state index contributed by atoms with van der Waals surface area (Å²) in [6, 6.07) is 1.51. The fraction of sp³-hybridized carbons (Fsp3) is 0.667. The highest BCUT2D eigenvalue weighted by Gasteiger charge is 2.39. The van der Waals surface area contributed by atoms with Gasteiger partial charge in [-0.2, -0.15) is 4.98 Å². The quantitative estimate of drug-likeness (QED) is 0.675. The van der Waals surface area contributed by atoms with Crippen molar-refractivity contribution < 1.29 is 19.2 Å². The summed E-state index contributed by atoms with van der Waals surface area (Å²) in [7, 11) is 0. The van der Waals surface area contributed by atoms with Crippen LogP contribution in [-0.2, 0) is 6.42 Å². The van der Waals surface area contributed by atoms with Crippen molar-refractivity contribution in [3.8, 4) is 5.88 Å². The summed E-state index contributed by atoms with van der Waals surface area (Å²) in [4.78, 5) is 17.0. The molecule has 1 saturated heterocycles. The second kappa shape index (κ2) is 5.30. The van der Waals surface area contributed by atoms with Gasteiger partial charge in [-0.05, 0) is 13.8 Å². The van der Waals surface area contributed by atoms with Gasteiger partial charge in [-0.25, -0.2) is 4.39 Å². The van der Waals surface area contributed by atoms with Crippen LogP contribution in [0.4, 0.5) is 15.9 Å². The molecule has 8 heteroatoms. The molecular formula is C15H20FN3O4. The van der Waals surface area contributed by atoms with E-state index in [0.29, 0.717) is 12.3 Å². The number of alkyl halides is 1. The molecule has 23 heavy (non-hydrogen) atoms. The zero-order valence-corrected chi connectivity index (χ0v) is 13.2. The average Bonchev–Trinajstić information content (AvgIpc) is 2.79. The van der Waals surface area contributed by atoms with Crippen LogP contribution in [0.25, 0.3) is 0 Å². The lowest BCUT2D eigenvalue weighted by Gasteiger charge is -2.35. The first-order valence-electron chi connectivity index (χ1n) is 7.65. The molecule has 0 unspecified atom stereocenters. The number of nitro groups is 1. The van der Waals surface area contributed by atoms with Gasteiger partial charge in [0, 0.05) is 44.0 Å². The largest absolute Gasteiger partial charge is 0.471 e. The number of hydrogen-bond donors (Lipinski definition) is 1. The Labute approximate surface area is 133 Å². The average molecular weight is 325 g/mol. The Morgan fingerprint density at radius 1 is 1.48 bits per heavy atom. The fourth-order valence-corrected chi connectivity index (χ4v) is 3.13. The van der Waals surface area contributed by atoms with E-state index in [9.17, 15) is 14.5 Å². The minimum Gasteiger partial charge on any atom is -0.471 e. The third kappa shape index (κ3) is 2.95. The first-order chi connectivity index (χ1) is 10.7. The van der Waals surface area contributed by atoms with Crippen LogP contribution in [0.15, 0.2) is 6.07 Å². The maximum atomic E-state index is 14.1. The van der Waals surface area contributed by atoms with E-state index < -0.39 is 22.8 Å². The SMILES string of the molecule is CC1(C)Cc2cc([N+](=O)[O-])c(N3CCC(F)(CO)CC3)nc2O1. The van der Waals surface area contributed by atoms with Crippen molar-refractivity contribution in [2.75, 3.05) is 24.6 Å². The van der Waals surface area contributed by atoms with Crippen molar-refractivity contribution in [2.24, 2.45) is 0 Å². The summed E-state index contributed by atoms with van der Waals surface area (Å²) in [6.45, 7) is 3.82. The number of aliphatic hydroxyl groups is 1. The molecule has 1 aromatic heterocycles. The number of anilines is 1. The summed E-state index contributed by atoms with van der Waals surface area (Å²) in [5.41, 5.74) is -1.41. The van der Waals surface area contributed by atoms with Gasteiger partial charge in [0.2, 0.25) is 11.7 Å². The normalized spacial score (nSPS) is 21.7. The summed E-state index contributed by atoms with van der Waals surface area (Å²) in [5, 5.41) is 20.5. The highest BCUT2D eigenvalue weighted by molar-refractivity contribution is 5.62. The molecule has 7 nitrogen and oxygen atoms in total. The van der Waals surface area contributed by atoms with E-state index >= 15 is 0 Å². The van der Waals surface area contributed by atoms with Gasteiger partial charge in [0.1, 0.15) is 11.3 Å². The van der Waals surface area contributed by atoms with Gasteiger partial charge < -0.3 is 14.7 Å². The second-order valence-electron chi connectivity index (χ2n) is 6.89. The second-order valence-corrected chi connectivity index (χ2v) is 6.89. The molecule has 0 aliphatic carbocycles. The molecule has 0 radical (unpaired) electrons. The molecule has 0 spiro atoms. The molecule has 0 bridgehead atoms. The summed E-state index contributed by atoms with van der Waals surface area (Å²) >= 11 is 0. The van der Waals surface area contributed by atoms with Crippen molar-refractivity contribution in [1.82, 2.24) is 4.98 Å². The minimum absolute atomic E-state index is 0.0830. The number of nitrogens with zero attached hydrogens (tertiary/aromatic N) is 3. The number of hydrogen-bond acceptors (Lipinski definition) is 6. The Kier molecular flexibility index (Phi) is 3.66. The van der Waals surface area contributed by atoms with Crippen LogP contribution < -0.4 is 9.64 Å². The van der Waals surface area contributed by atoms with E-state index in [1.165, 1.54) is 6.07 Å². The molecule has 3 heterocycles. The zero-order chi connectivity index (χ0) is 16.8. The lowest BCUT2D eigenvalue weighted by Crippen LogP contribution is -2.44. The topological polar surface area (TPSA) is 88.7 Å². The number of aromatic nitrogens is 1. The molecule has 0 saturated carbocycles. The highest BCUT2D eigenvalue weighted by Crippen LogP contribution is 2.40. The van der Waals surface area contributed by atoms with Crippen LogP contribution in [0, 0.1) is 10.1 Å². The number of rotatable bonds is 3. The number of halogens is 1. The van der Waals surface area contributed by atoms with E-state index in [1.54, 1.807) is 4.90 Å². The van der Waals surface area contributed by atoms with Crippen molar-refractivity contribution in [1.29, 1.82) is 0 Å². The first kappa shape index (κ1) is 15.9. The standard InChI is InChI=1S/C15H20FN3O4/c1-14(2)8-10-7-11(19(21)22)12(17-13(10)23-14)18-5-3-15(16,9-20)4-6-18/h7,20H,3-6,8-9H2,1-2H3. The van der Waals surface area contributed by atoms with Gasteiger partial charge in [0.05, 0.1) is 11.5 Å². The monoisotopic (exact) mass is 325 g/mol. The van der Waals surface area contributed by atoms with E-state index in [0.717, 1.165) is 5.56 Å². The van der Waals surface area contributed by atoms with Crippen LogP contribution in [-0.4, -0.2) is 46.0 Å². The van der Waals surface area contributed by atoms with Gasteiger partial charge in [0.15, 0.2) is 0 Å². The first-order valence-corrected chi connectivity index (χ1v) is 7.65. The molecule has 126 valence electrons. The van der Waals surface area contributed by atoms with Crippen LogP contribution in [0.5, 0.6) is 5.88 Å². The van der Waals surface area contributed by atoms with Crippen LogP contribution in [0.2, 0.25) is 0 Å². The summed E-state index contributed by atoms with van der Waals surface area (Å²) < 4.78 is 19.9. The third-order valence-electron chi connectivity index (χ3n) is 4.45. The molecule has 0 aromatic carbocycles. The van der Waals surface area contributed by atoms with E-state index in [-0.39, 0.29) is 37.4 Å². The van der Waals surface area contributed by atoms with E-state index in [4.69, 9.17) is 9.84 Å². The van der Waals surface area contributed by atoms with E-state index in [1.807, 2.05) is 13.8 Å². The Bertz CT molecular complexity index is 642. The van der Waals surface area contributed by atoms with Crippen molar-refractivity contribution in [2.45, 2.75) is 44.4 Å². The number of pyridine rings is 1. The molecule has 1 fully saturated rings. The van der Waals surface area contributed by atoms with Crippen molar-refractivity contribution in [3.05, 3.63) is 21.7 Å². The molecule has 0 amide bonds. The maximum Gasteiger partial charge on any atom is 0.312 e. The Morgan fingerprint density at radius 3 is 2.70 bits per heavy atom. The van der Waals surface area contributed by atoms with Crippen LogP contribution in [0.1, 0.15) is 32.3 Å². The Balaban J connectivity index is 1.92. The summed E-state index contributed by atoms with van der Waals surface area (Å²) in [6.07, 6.45) is 0.798. The predicted molar refractivity (Wildman–Crippen MR) is 81.7 cm³/mol. The predicted octanol–water partition coefficient (Wildman–Crippen LogP) is 2.00. The van der Waals surface area contributed by atoms with Gasteiger partial charge in [-0.15, -0.1) is 0 Å². The van der Waals surface area contributed by atoms with Gasteiger partial charge in [-0.1, -0.05) is 0 Å². The lowest BCUT2D eigenvalue weighted by atomic mass is 9.94. The molecule has 2 aliphatic rings. The van der Waals surface area contributed by atoms with Crippen LogP contribution in [0.3, 0.4) is 0 Å². The van der Waals surface area contributed by atoms with Gasteiger partial charge in [-0.3, -0.25) is 10.1 Å². The number of ether oxygens (including phenoxy) is 1. The molecule has 1 N–H and O–H groups in total. The van der Waals surface area contributed by atoms with E-state index in [2.05, 4.69) is 4.98 Å². The molecular weight excluding hydrogens is 305 g/mol. The van der Waals surface area contributed by atoms with Gasteiger partial charge in [0.25, 0.3) is 0 Å². The Morgan fingerprint density at radius 2 is 2.13 bits per heavy atom. The number of aliphatic hydroxyl groups excluding tert-OH is 1. The smallest absolute Gasteiger partial charge is 0.312 e. The Hall–Kier alpha value is -1.96. The van der Waals surface area contributed by atoms with Crippen LogP contribution >= 0.6 is 0 Å². The van der Waals surface area contributed by atoms with Gasteiger partial charge >= 0.3 is 5.69 Å². The van der Waals surface area contributed by atoms with Crippen molar-refractivity contribution >= 4 is 11.5 Å². The molecule has 3 rings (SSSR count).